The van der Waals surface area contributed by atoms with Crippen LogP contribution in [0, 0.1) is 20.8 Å². The zero-order valence-corrected chi connectivity index (χ0v) is 21.3. The summed E-state index contributed by atoms with van der Waals surface area (Å²) < 4.78 is 11.6. The Morgan fingerprint density at radius 2 is 1.67 bits per heavy atom. The average Bonchev–Trinajstić information content (AvgIpc) is 2.73. The Balaban J connectivity index is 2.30. The van der Waals surface area contributed by atoms with E-state index in [1.165, 1.54) is 29.4 Å². The van der Waals surface area contributed by atoms with E-state index >= 15 is 0 Å². The van der Waals surface area contributed by atoms with Crippen molar-refractivity contribution in [3.8, 4) is 11.1 Å². The second-order valence-corrected chi connectivity index (χ2v) is 10.2. The summed E-state index contributed by atoms with van der Waals surface area (Å²) in [4.78, 5) is 27.0. The zero-order chi connectivity index (χ0) is 24.5. The lowest BCUT2D eigenvalue weighted by Crippen LogP contribution is -2.36. The fourth-order valence-electron chi connectivity index (χ4n) is 4.84. The molecule has 0 N–H and O–H groups in total. The number of rotatable bonds is 6. The van der Waals surface area contributed by atoms with Crippen LogP contribution < -0.4 is 0 Å². The van der Waals surface area contributed by atoms with Gasteiger partial charge < -0.3 is 9.47 Å². The molecule has 1 heterocycles. The van der Waals surface area contributed by atoms with Crippen LogP contribution in [0.2, 0.25) is 0 Å². The van der Waals surface area contributed by atoms with E-state index in [2.05, 4.69) is 49.9 Å². The highest BCUT2D eigenvalue weighted by Gasteiger charge is 2.35. The van der Waals surface area contributed by atoms with E-state index in [9.17, 15) is 9.59 Å². The minimum atomic E-state index is -0.849. The smallest absolute Gasteiger partial charge is 0.339 e. The Morgan fingerprint density at radius 3 is 2.21 bits per heavy atom. The molecule has 0 aromatic heterocycles. The van der Waals surface area contributed by atoms with Gasteiger partial charge in [-0.1, -0.05) is 29.8 Å². The third kappa shape index (κ3) is 5.53. The number of esters is 1. The van der Waals surface area contributed by atoms with Crippen molar-refractivity contribution in [2.75, 3.05) is 20.2 Å². The lowest BCUT2D eigenvalue weighted by Gasteiger charge is -2.35. The maximum atomic E-state index is 13.1. The summed E-state index contributed by atoms with van der Waals surface area (Å²) in [5.74, 6) is -0.245. The summed E-state index contributed by atoms with van der Waals surface area (Å²) in [5, 5.41) is 0. The molecule has 1 unspecified atom stereocenters. The zero-order valence-electron chi connectivity index (χ0n) is 21.3. The first-order valence-corrected chi connectivity index (χ1v) is 11.6. The van der Waals surface area contributed by atoms with Crippen LogP contribution in [0.15, 0.2) is 24.3 Å². The van der Waals surface area contributed by atoms with E-state index in [4.69, 9.17) is 9.47 Å². The largest absolute Gasteiger partial charge is 0.467 e. The topological polar surface area (TPSA) is 55.8 Å². The summed E-state index contributed by atoms with van der Waals surface area (Å²) in [6.07, 6.45) is 0.0238. The van der Waals surface area contributed by atoms with Gasteiger partial charge in [0.15, 0.2) is 6.10 Å². The maximum absolute atomic E-state index is 13.1. The molecule has 2 aromatic carbocycles. The van der Waals surface area contributed by atoms with Crippen molar-refractivity contribution in [2.24, 2.45) is 0 Å². The van der Waals surface area contributed by atoms with Gasteiger partial charge >= 0.3 is 5.97 Å². The molecule has 1 atom stereocenters. The minimum absolute atomic E-state index is 0.160. The van der Waals surface area contributed by atoms with Gasteiger partial charge in [-0.2, -0.15) is 0 Å². The second kappa shape index (κ2) is 9.78. The van der Waals surface area contributed by atoms with E-state index in [0.717, 1.165) is 35.2 Å². The normalized spacial score (nSPS) is 15.2. The monoisotopic (exact) mass is 451 g/mol. The van der Waals surface area contributed by atoms with Crippen molar-refractivity contribution in [1.82, 2.24) is 4.90 Å². The molecule has 0 bridgehead atoms. The molecule has 1 aliphatic rings. The number of aryl methyl sites for hydroxylation is 1. The number of benzene rings is 2. The number of fused-ring (bicyclic) bond motifs is 1. The number of carbonyl (C=O) groups excluding carboxylic acids is 2. The van der Waals surface area contributed by atoms with Crippen molar-refractivity contribution >= 4 is 11.8 Å². The highest BCUT2D eigenvalue weighted by atomic mass is 16.6. The van der Waals surface area contributed by atoms with Crippen LogP contribution in [-0.4, -0.2) is 42.5 Å². The molecule has 0 fully saturated rings. The van der Waals surface area contributed by atoms with Gasteiger partial charge in [-0.05, 0) is 88.3 Å². The first kappa shape index (κ1) is 25.1. The lowest BCUT2D eigenvalue weighted by atomic mass is 9.80. The summed E-state index contributed by atoms with van der Waals surface area (Å²) in [6.45, 7) is 15.7. The molecular formula is C28H37NO4. The fourth-order valence-corrected chi connectivity index (χ4v) is 4.84. The van der Waals surface area contributed by atoms with Gasteiger partial charge in [0.05, 0.1) is 19.3 Å². The molecule has 178 valence electrons. The molecule has 0 aliphatic carbocycles. The average molecular weight is 452 g/mol. The lowest BCUT2D eigenvalue weighted by molar-refractivity contribution is -0.164. The van der Waals surface area contributed by atoms with E-state index < -0.39 is 17.7 Å². The van der Waals surface area contributed by atoms with Gasteiger partial charge in [0, 0.05) is 18.7 Å². The molecule has 0 saturated heterocycles. The molecule has 1 aliphatic heterocycles. The molecule has 33 heavy (non-hydrogen) atoms. The van der Waals surface area contributed by atoms with Crippen LogP contribution in [0.3, 0.4) is 0 Å². The number of ether oxygens (including phenoxy) is 2. The van der Waals surface area contributed by atoms with E-state index in [1.807, 2.05) is 20.8 Å². The Hall–Kier alpha value is -2.50. The number of carbonyl (C=O) groups is 2. The highest BCUT2D eigenvalue weighted by Crippen LogP contribution is 2.42. The summed E-state index contributed by atoms with van der Waals surface area (Å²) in [6, 6.07) is 8.42. The number of methoxy groups -OCH3 is 1. The van der Waals surface area contributed by atoms with Gasteiger partial charge in [0.25, 0.3) is 0 Å². The number of ketones is 1. The molecule has 0 spiro atoms. The summed E-state index contributed by atoms with van der Waals surface area (Å²) in [7, 11) is 1.40. The summed E-state index contributed by atoms with van der Waals surface area (Å²) >= 11 is 0. The SMILES string of the molecule is COC(=O)C(OC(C)(C)C)c1c(C)c2c(c(C)c1-c1ccc(C)cc1)CCN(CC(C)=O)C2. The van der Waals surface area contributed by atoms with E-state index in [0.29, 0.717) is 13.1 Å². The predicted octanol–water partition coefficient (Wildman–Crippen LogP) is 5.26. The fraction of sp³-hybridized carbons (Fsp3) is 0.500. The molecule has 2 aromatic rings. The molecule has 0 radical (unpaired) electrons. The Bertz CT molecular complexity index is 1050. The van der Waals surface area contributed by atoms with Gasteiger partial charge in [0.1, 0.15) is 5.78 Å². The quantitative estimate of drug-likeness (QED) is 0.561. The van der Waals surface area contributed by atoms with Crippen molar-refractivity contribution in [2.45, 2.75) is 73.1 Å². The molecule has 0 saturated carbocycles. The van der Waals surface area contributed by atoms with Crippen LogP contribution in [0.25, 0.3) is 11.1 Å². The third-order valence-corrected chi connectivity index (χ3v) is 6.31. The van der Waals surface area contributed by atoms with Gasteiger partial charge in [0.2, 0.25) is 0 Å². The van der Waals surface area contributed by atoms with Crippen LogP contribution in [0.5, 0.6) is 0 Å². The Labute approximate surface area is 198 Å². The number of hydrogen-bond acceptors (Lipinski definition) is 5. The van der Waals surface area contributed by atoms with Crippen LogP contribution in [0.4, 0.5) is 0 Å². The van der Waals surface area contributed by atoms with Crippen LogP contribution >= 0.6 is 0 Å². The molecule has 5 heteroatoms. The summed E-state index contributed by atoms with van der Waals surface area (Å²) in [5.41, 5.74) is 8.33. The minimum Gasteiger partial charge on any atom is -0.467 e. The van der Waals surface area contributed by atoms with Crippen molar-refractivity contribution in [1.29, 1.82) is 0 Å². The second-order valence-electron chi connectivity index (χ2n) is 10.2. The van der Waals surface area contributed by atoms with Gasteiger partial charge in [-0.3, -0.25) is 9.69 Å². The van der Waals surface area contributed by atoms with E-state index in [1.54, 1.807) is 6.92 Å². The van der Waals surface area contributed by atoms with Crippen molar-refractivity contribution < 1.29 is 19.1 Å². The Kier molecular flexibility index (Phi) is 7.45. The predicted molar refractivity (Wildman–Crippen MR) is 131 cm³/mol. The van der Waals surface area contributed by atoms with Crippen molar-refractivity contribution in [3.05, 3.63) is 57.6 Å². The molecule has 3 rings (SSSR count). The number of Topliss-reactive ketones (excluding diaryl/α,β-unsaturated/α-hetero) is 1. The Morgan fingerprint density at radius 1 is 1.03 bits per heavy atom. The first-order chi connectivity index (χ1) is 15.4. The van der Waals surface area contributed by atoms with Crippen molar-refractivity contribution in [3.63, 3.8) is 0 Å². The number of hydrogen-bond donors (Lipinski definition) is 0. The third-order valence-electron chi connectivity index (χ3n) is 6.31. The van der Waals surface area contributed by atoms with E-state index in [-0.39, 0.29) is 5.78 Å². The van der Waals surface area contributed by atoms with Crippen LogP contribution in [-0.2, 0) is 32.0 Å². The number of nitrogens with zero attached hydrogens (tertiary/aromatic N) is 1. The highest BCUT2D eigenvalue weighted by molar-refractivity contribution is 5.85. The first-order valence-electron chi connectivity index (χ1n) is 11.6. The van der Waals surface area contributed by atoms with Crippen LogP contribution in [0.1, 0.15) is 67.2 Å². The molecule has 5 nitrogen and oxygen atoms in total. The maximum Gasteiger partial charge on any atom is 0.339 e. The molecular weight excluding hydrogens is 414 g/mol. The van der Waals surface area contributed by atoms with Gasteiger partial charge in [-0.25, -0.2) is 4.79 Å². The standard InChI is InChI=1S/C28H37NO4/c1-17-9-11-21(12-10-17)24-19(3)22-13-14-29(15-18(2)30)16-23(22)20(4)25(24)26(27(31)32-8)33-28(5,6)7/h9-12,26H,13-16H2,1-8H3. The molecule has 0 amide bonds. The van der Waals surface area contributed by atoms with Gasteiger partial charge in [-0.15, -0.1) is 0 Å².